The lowest BCUT2D eigenvalue weighted by Crippen LogP contribution is -2.76. The smallest absolute Gasteiger partial charge is 0.326 e. The summed E-state index contributed by atoms with van der Waals surface area (Å²) in [5, 5.41) is 26.7. The van der Waals surface area contributed by atoms with E-state index in [9.17, 15) is 14.4 Å². The van der Waals surface area contributed by atoms with E-state index in [0.29, 0.717) is 0 Å². The predicted molar refractivity (Wildman–Crippen MR) is 56.2 cm³/mol. The highest BCUT2D eigenvalue weighted by molar-refractivity contribution is 5.95. The third-order valence-corrected chi connectivity index (χ3v) is 2.81. The predicted octanol–water partition coefficient (Wildman–Crippen LogP) is -1.32. The number of hydrogen-bond donors (Lipinski definition) is 5. The second-order valence-corrected chi connectivity index (χ2v) is 4.18. The Bertz CT molecular complexity index is 355. The summed E-state index contributed by atoms with van der Waals surface area (Å²) in [5.74, 6) is -5.82. The van der Waals surface area contributed by atoms with Gasteiger partial charge in [0.05, 0.1) is 6.42 Å². The molecule has 0 amide bonds. The zero-order valence-electron chi connectivity index (χ0n) is 9.51. The molecule has 0 bridgehead atoms. The number of aliphatic carboxylic acids is 3. The summed E-state index contributed by atoms with van der Waals surface area (Å²) < 4.78 is 0. The molecule has 0 aromatic heterocycles. The highest BCUT2D eigenvalue weighted by Gasteiger charge is 2.60. The summed E-state index contributed by atoms with van der Waals surface area (Å²) in [6, 6.07) is 0. The molecule has 0 aromatic carbocycles. The lowest BCUT2D eigenvalue weighted by molar-refractivity contribution is -0.163. The van der Waals surface area contributed by atoms with Gasteiger partial charge in [-0.3, -0.25) is 14.4 Å². The minimum absolute atomic E-state index is 0.861. The standard InChI is InChI=1S/C9H16N2O6/c1-4(2)9(11,7(16)17)8(10,6(14)15)3-5(12)13/h4H,3,10-11H2,1-2H3,(H,12,13)(H,14,15)(H,16,17)/t8?,9-/m1/s1. The molecular formula is C9H16N2O6. The first-order valence-electron chi connectivity index (χ1n) is 4.76. The van der Waals surface area contributed by atoms with E-state index in [-0.39, 0.29) is 0 Å². The van der Waals surface area contributed by atoms with Gasteiger partial charge in [0.1, 0.15) is 5.54 Å². The summed E-state index contributed by atoms with van der Waals surface area (Å²) in [7, 11) is 0. The van der Waals surface area contributed by atoms with Gasteiger partial charge in [-0.15, -0.1) is 0 Å². The molecule has 8 nitrogen and oxygen atoms in total. The van der Waals surface area contributed by atoms with E-state index in [1.54, 1.807) is 0 Å². The number of carboxylic acids is 3. The molecule has 7 N–H and O–H groups in total. The minimum atomic E-state index is -2.58. The molecule has 0 spiro atoms. The van der Waals surface area contributed by atoms with E-state index in [1.165, 1.54) is 13.8 Å². The van der Waals surface area contributed by atoms with Crippen molar-refractivity contribution < 1.29 is 29.7 Å². The zero-order chi connectivity index (χ0) is 14.0. The highest BCUT2D eigenvalue weighted by Crippen LogP contribution is 2.29. The second-order valence-electron chi connectivity index (χ2n) is 4.18. The molecule has 17 heavy (non-hydrogen) atoms. The summed E-state index contributed by atoms with van der Waals surface area (Å²) in [5.41, 5.74) is 6.02. The Morgan fingerprint density at radius 2 is 1.47 bits per heavy atom. The lowest BCUT2D eigenvalue weighted by Gasteiger charge is -2.41. The molecule has 0 saturated carbocycles. The van der Waals surface area contributed by atoms with Crippen molar-refractivity contribution >= 4 is 17.9 Å². The van der Waals surface area contributed by atoms with Crippen LogP contribution in [0.15, 0.2) is 0 Å². The molecule has 8 heteroatoms. The molecule has 2 atom stereocenters. The molecule has 0 aliphatic heterocycles. The molecule has 0 fully saturated rings. The van der Waals surface area contributed by atoms with E-state index >= 15 is 0 Å². The van der Waals surface area contributed by atoms with Gasteiger partial charge < -0.3 is 26.8 Å². The fraction of sp³-hybridized carbons (Fsp3) is 0.667. The van der Waals surface area contributed by atoms with Crippen LogP contribution in [0.4, 0.5) is 0 Å². The molecule has 0 saturated heterocycles. The van der Waals surface area contributed by atoms with Crippen LogP contribution in [0.25, 0.3) is 0 Å². The first-order valence-corrected chi connectivity index (χ1v) is 4.76. The maximum absolute atomic E-state index is 11.1. The summed E-state index contributed by atoms with van der Waals surface area (Å²) in [4.78, 5) is 32.8. The summed E-state index contributed by atoms with van der Waals surface area (Å²) in [6.45, 7) is 2.72. The Morgan fingerprint density at radius 1 is 1.06 bits per heavy atom. The first-order chi connectivity index (χ1) is 7.50. The Kier molecular flexibility index (Phi) is 4.22. The van der Waals surface area contributed by atoms with Gasteiger partial charge in [0.25, 0.3) is 0 Å². The lowest BCUT2D eigenvalue weighted by atomic mass is 9.69. The van der Waals surface area contributed by atoms with Crippen LogP contribution in [0.2, 0.25) is 0 Å². The van der Waals surface area contributed by atoms with Crippen LogP contribution in [0.3, 0.4) is 0 Å². The normalized spacial score (nSPS) is 18.2. The van der Waals surface area contributed by atoms with Crippen molar-refractivity contribution in [2.75, 3.05) is 0 Å². The van der Waals surface area contributed by atoms with Crippen LogP contribution in [-0.2, 0) is 14.4 Å². The quantitative estimate of drug-likeness (QED) is 0.386. The average Bonchev–Trinajstić information content (AvgIpc) is 2.13. The number of carboxylic acid groups (broad SMARTS) is 3. The number of rotatable bonds is 6. The number of hydrogen-bond acceptors (Lipinski definition) is 5. The molecule has 0 radical (unpaired) electrons. The van der Waals surface area contributed by atoms with Gasteiger partial charge in [0.2, 0.25) is 0 Å². The molecule has 0 aliphatic rings. The van der Waals surface area contributed by atoms with E-state index < -0.39 is 41.3 Å². The Labute approximate surface area is 97.2 Å². The van der Waals surface area contributed by atoms with E-state index in [1.807, 2.05) is 0 Å². The van der Waals surface area contributed by atoms with Gasteiger partial charge >= 0.3 is 17.9 Å². The topological polar surface area (TPSA) is 164 Å². The zero-order valence-corrected chi connectivity index (χ0v) is 9.51. The molecule has 98 valence electrons. The van der Waals surface area contributed by atoms with E-state index in [0.717, 1.165) is 0 Å². The number of nitrogens with two attached hydrogens (primary N) is 2. The number of carbonyl (C=O) groups is 3. The van der Waals surface area contributed by atoms with Crippen LogP contribution >= 0.6 is 0 Å². The van der Waals surface area contributed by atoms with Gasteiger partial charge in [0.15, 0.2) is 5.54 Å². The largest absolute Gasteiger partial charge is 0.481 e. The molecule has 0 rings (SSSR count). The second kappa shape index (κ2) is 4.68. The minimum Gasteiger partial charge on any atom is -0.481 e. The van der Waals surface area contributed by atoms with Crippen LogP contribution in [0, 0.1) is 5.92 Å². The highest BCUT2D eigenvalue weighted by atomic mass is 16.4. The third-order valence-electron chi connectivity index (χ3n) is 2.81. The van der Waals surface area contributed by atoms with E-state index in [2.05, 4.69) is 0 Å². The maximum atomic E-state index is 11.1. The van der Waals surface area contributed by atoms with Gasteiger partial charge in [-0.2, -0.15) is 0 Å². The van der Waals surface area contributed by atoms with Crippen LogP contribution in [0.1, 0.15) is 20.3 Å². The molecule has 0 aromatic rings. The Morgan fingerprint density at radius 3 is 1.65 bits per heavy atom. The molecular weight excluding hydrogens is 232 g/mol. The fourth-order valence-corrected chi connectivity index (χ4v) is 1.59. The summed E-state index contributed by atoms with van der Waals surface area (Å²) >= 11 is 0. The molecule has 1 unspecified atom stereocenters. The van der Waals surface area contributed by atoms with Crippen molar-refractivity contribution in [3.8, 4) is 0 Å². The fourth-order valence-electron chi connectivity index (χ4n) is 1.59. The van der Waals surface area contributed by atoms with Crippen molar-refractivity contribution in [1.29, 1.82) is 0 Å². The monoisotopic (exact) mass is 248 g/mol. The third kappa shape index (κ3) is 2.37. The van der Waals surface area contributed by atoms with Crippen LogP contribution in [-0.4, -0.2) is 44.3 Å². The Hall–Kier alpha value is -1.67. The maximum Gasteiger partial charge on any atom is 0.326 e. The van der Waals surface area contributed by atoms with E-state index in [4.69, 9.17) is 26.8 Å². The average molecular weight is 248 g/mol. The van der Waals surface area contributed by atoms with Crippen molar-refractivity contribution in [2.45, 2.75) is 31.3 Å². The van der Waals surface area contributed by atoms with Gasteiger partial charge in [0, 0.05) is 0 Å². The van der Waals surface area contributed by atoms with Gasteiger partial charge in [-0.25, -0.2) is 0 Å². The van der Waals surface area contributed by atoms with Gasteiger partial charge in [-0.05, 0) is 5.92 Å². The SMILES string of the molecule is CC(C)[C@@](N)(C(=O)O)C(N)(CC(=O)O)C(=O)O. The van der Waals surface area contributed by atoms with Crippen LogP contribution < -0.4 is 11.5 Å². The van der Waals surface area contributed by atoms with Crippen molar-refractivity contribution in [3.05, 3.63) is 0 Å². The van der Waals surface area contributed by atoms with Crippen molar-refractivity contribution in [1.82, 2.24) is 0 Å². The van der Waals surface area contributed by atoms with Crippen molar-refractivity contribution in [3.63, 3.8) is 0 Å². The summed E-state index contributed by atoms with van der Waals surface area (Å²) in [6.07, 6.45) is -1.08. The molecule has 0 heterocycles. The first kappa shape index (κ1) is 15.3. The Balaban J connectivity index is 5.80. The molecule has 0 aliphatic carbocycles. The van der Waals surface area contributed by atoms with Gasteiger partial charge in [-0.1, -0.05) is 13.8 Å². The van der Waals surface area contributed by atoms with Crippen molar-refractivity contribution in [2.24, 2.45) is 17.4 Å². The van der Waals surface area contributed by atoms with Crippen LogP contribution in [0.5, 0.6) is 0 Å².